The molecule has 0 unspecified atom stereocenters. The smallest absolute Gasteiger partial charge is 0.222 e. The van der Waals surface area contributed by atoms with Gasteiger partial charge < -0.3 is 15.0 Å². The molecule has 0 spiro atoms. The van der Waals surface area contributed by atoms with E-state index in [0.717, 1.165) is 68.4 Å². The van der Waals surface area contributed by atoms with Crippen molar-refractivity contribution >= 4 is 5.82 Å². The average molecular weight is 292 g/mol. The topological polar surface area (TPSA) is 50.3 Å². The molecule has 2 rings (SSSR count). The number of nitrogens with zero attached hydrogens (tertiary/aromatic N) is 3. The van der Waals surface area contributed by atoms with Crippen LogP contribution in [0.2, 0.25) is 0 Å². The van der Waals surface area contributed by atoms with Gasteiger partial charge in [-0.2, -0.15) is 4.98 Å². The van der Waals surface area contributed by atoms with E-state index in [1.165, 1.54) is 0 Å². The van der Waals surface area contributed by atoms with Crippen LogP contribution < -0.4 is 10.1 Å². The molecule has 0 radical (unpaired) electrons. The number of ether oxygens (including phenoxy) is 1. The molecule has 0 saturated carbocycles. The monoisotopic (exact) mass is 292 g/mol. The maximum Gasteiger partial charge on any atom is 0.222 e. The summed E-state index contributed by atoms with van der Waals surface area (Å²) in [5.41, 5.74) is 1.03. The Morgan fingerprint density at radius 1 is 1.24 bits per heavy atom. The van der Waals surface area contributed by atoms with Crippen LogP contribution in [0.1, 0.15) is 44.5 Å². The Hall–Kier alpha value is -1.36. The predicted octanol–water partition coefficient (Wildman–Crippen LogP) is 2.64. The van der Waals surface area contributed by atoms with Gasteiger partial charge in [0.05, 0.1) is 5.56 Å². The van der Waals surface area contributed by atoms with Gasteiger partial charge in [0.15, 0.2) is 0 Å². The van der Waals surface area contributed by atoms with Gasteiger partial charge >= 0.3 is 0 Å². The zero-order chi connectivity index (χ0) is 15.2. The van der Waals surface area contributed by atoms with E-state index in [1.807, 2.05) is 6.92 Å². The van der Waals surface area contributed by atoms with Crippen LogP contribution in [0.4, 0.5) is 5.82 Å². The molecular formula is C16H28N4O. The van der Waals surface area contributed by atoms with Gasteiger partial charge in [0, 0.05) is 26.1 Å². The predicted molar refractivity (Wildman–Crippen MR) is 86.1 cm³/mol. The molecule has 0 aromatic carbocycles. The van der Waals surface area contributed by atoms with Crippen LogP contribution >= 0.6 is 0 Å². The van der Waals surface area contributed by atoms with E-state index in [9.17, 15) is 0 Å². The molecule has 0 amide bonds. The van der Waals surface area contributed by atoms with Gasteiger partial charge in [-0.3, -0.25) is 0 Å². The number of hydrogen-bond donors (Lipinski definition) is 1. The van der Waals surface area contributed by atoms with E-state index in [-0.39, 0.29) is 6.10 Å². The summed E-state index contributed by atoms with van der Waals surface area (Å²) in [6, 6.07) is 0. The van der Waals surface area contributed by atoms with Crippen molar-refractivity contribution in [2.75, 3.05) is 32.0 Å². The molecule has 21 heavy (non-hydrogen) atoms. The molecule has 5 heteroatoms. The molecule has 1 aliphatic heterocycles. The molecule has 5 nitrogen and oxygen atoms in total. The van der Waals surface area contributed by atoms with Crippen LogP contribution in [0.5, 0.6) is 5.88 Å². The first-order valence-electron chi connectivity index (χ1n) is 8.10. The summed E-state index contributed by atoms with van der Waals surface area (Å²) in [6.07, 6.45) is 4.32. The van der Waals surface area contributed by atoms with Gasteiger partial charge in [0.25, 0.3) is 0 Å². The number of likely N-dealkylation sites (tertiary alicyclic amines) is 1. The Morgan fingerprint density at radius 2 is 1.95 bits per heavy atom. The molecule has 1 aliphatic rings. The van der Waals surface area contributed by atoms with E-state index in [1.54, 1.807) is 0 Å². The van der Waals surface area contributed by atoms with Crippen molar-refractivity contribution in [3.8, 4) is 5.88 Å². The number of piperidine rings is 1. The summed E-state index contributed by atoms with van der Waals surface area (Å²) in [4.78, 5) is 11.5. The van der Waals surface area contributed by atoms with Crippen LogP contribution in [-0.4, -0.2) is 47.7 Å². The summed E-state index contributed by atoms with van der Waals surface area (Å²) in [7, 11) is 2.16. The summed E-state index contributed by atoms with van der Waals surface area (Å²) < 4.78 is 6.18. The lowest BCUT2D eigenvalue weighted by molar-refractivity contribution is 0.109. The fourth-order valence-electron chi connectivity index (χ4n) is 2.49. The molecule has 2 heterocycles. The molecule has 1 N–H and O–H groups in total. The summed E-state index contributed by atoms with van der Waals surface area (Å²) in [5, 5.41) is 3.38. The van der Waals surface area contributed by atoms with E-state index >= 15 is 0 Å². The molecular weight excluding hydrogens is 264 g/mol. The first-order valence-corrected chi connectivity index (χ1v) is 8.10. The number of aryl methyl sites for hydroxylation is 1. The second-order valence-corrected chi connectivity index (χ2v) is 5.82. The Bertz CT molecular complexity index is 456. The first kappa shape index (κ1) is 16.0. The van der Waals surface area contributed by atoms with Crippen LogP contribution in [0.15, 0.2) is 0 Å². The van der Waals surface area contributed by atoms with Crippen LogP contribution in [-0.2, 0) is 6.42 Å². The van der Waals surface area contributed by atoms with Crippen molar-refractivity contribution < 1.29 is 4.74 Å². The van der Waals surface area contributed by atoms with Gasteiger partial charge in [-0.05, 0) is 33.2 Å². The number of aromatic nitrogens is 2. The highest BCUT2D eigenvalue weighted by Gasteiger charge is 2.20. The minimum atomic E-state index is 0.276. The third-order valence-corrected chi connectivity index (χ3v) is 3.95. The summed E-state index contributed by atoms with van der Waals surface area (Å²) in [6.45, 7) is 9.39. The molecule has 1 aromatic heterocycles. The number of nitrogens with one attached hydrogen (secondary N) is 1. The van der Waals surface area contributed by atoms with E-state index in [4.69, 9.17) is 4.74 Å². The Kier molecular flexibility index (Phi) is 5.79. The van der Waals surface area contributed by atoms with E-state index in [2.05, 4.69) is 41.1 Å². The maximum absolute atomic E-state index is 6.18. The van der Waals surface area contributed by atoms with Crippen molar-refractivity contribution in [1.29, 1.82) is 0 Å². The molecule has 0 aliphatic carbocycles. The van der Waals surface area contributed by atoms with Crippen LogP contribution in [0.3, 0.4) is 0 Å². The summed E-state index contributed by atoms with van der Waals surface area (Å²) >= 11 is 0. The third-order valence-electron chi connectivity index (χ3n) is 3.95. The van der Waals surface area contributed by atoms with Crippen molar-refractivity contribution in [3.63, 3.8) is 0 Å². The quantitative estimate of drug-likeness (QED) is 0.873. The fourth-order valence-corrected chi connectivity index (χ4v) is 2.49. The van der Waals surface area contributed by atoms with Crippen LogP contribution in [0, 0.1) is 6.92 Å². The van der Waals surface area contributed by atoms with Crippen molar-refractivity contribution in [3.05, 3.63) is 11.4 Å². The Morgan fingerprint density at radius 3 is 2.57 bits per heavy atom. The standard InChI is InChI=1S/C16H28N4O/c1-5-9-17-15-12(3)16(19-14(6-2)18-15)21-13-7-10-20(4)11-8-13/h13H,5-11H2,1-4H3,(H,17,18,19). The number of rotatable bonds is 6. The molecule has 0 atom stereocenters. The van der Waals surface area contributed by atoms with Gasteiger partial charge in [0.1, 0.15) is 17.7 Å². The second kappa shape index (κ2) is 7.59. The molecule has 1 saturated heterocycles. The van der Waals surface area contributed by atoms with Crippen LogP contribution in [0.25, 0.3) is 0 Å². The third kappa shape index (κ3) is 4.30. The Labute approximate surface area is 128 Å². The normalized spacial score (nSPS) is 17.0. The van der Waals surface area contributed by atoms with Crippen molar-refractivity contribution in [1.82, 2.24) is 14.9 Å². The van der Waals surface area contributed by atoms with Gasteiger partial charge in [-0.25, -0.2) is 4.98 Å². The average Bonchev–Trinajstić information content (AvgIpc) is 2.50. The van der Waals surface area contributed by atoms with Crippen molar-refractivity contribution in [2.45, 2.75) is 52.6 Å². The highest BCUT2D eigenvalue weighted by molar-refractivity contribution is 5.48. The first-order chi connectivity index (χ1) is 10.1. The van der Waals surface area contributed by atoms with Gasteiger partial charge in [0.2, 0.25) is 5.88 Å². The number of anilines is 1. The lowest BCUT2D eigenvalue weighted by atomic mass is 10.1. The highest BCUT2D eigenvalue weighted by atomic mass is 16.5. The largest absolute Gasteiger partial charge is 0.474 e. The minimum absolute atomic E-state index is 0.276. The van der Waals surface area contributed by atoms with Crippen molar-refractivity contribution in [2.24, 2.45) is 0 Å². The number of hydrogen-bond acceptors (Lipinski definition) is 5. The van der Waals surface area contributed by atoms with Gasteiger partial charge in [-0.15, -0.1) is 0 Å². The highest BCUT2D eigenvalue weighted by Crippen LogP contribution is 2.25. The van der Waals surface area contributed by atoms with E-state index < -0.39 is 0 Å². The Balaban J connectivity index is 2.13. The molecule has 1 fully saturated rings. The zero-order valence-corrected chi connectivity index (χ0v) is 13.8. The molecule has 0 bridgehead atoms. The SMILES string of the molecule is CCCNc1nc(CC)nc(OC2CCN(C)CC2)c1C. The summed E-state index contributed by atoms with van der Waals surface area (Å²) in [5.74, 6) is 2.53. The maximum atomic E-state index is 6.18. The molecule has 1 aromatic rings. The molecule has 118 valence electrons. The minimum Gasteiger partial charge on any atom is -0.474 e. The zero-order valence-electron chi connectivity index (χ0n) is 13.8. The van der Waals surface area contributed by atoms with E-state index in [0.29, 0.717) is 0 Å². The lowest BCUT2D eigenvalue weighted by Gasteiger charge is -2.29. The fraction of sp³-hybridized carbons (Fsp3) is 0.750. The second-order valence-electron chi connectivity index (χ2n) is 5.82. The van der Waals surface area contributed by atoms with Gasteiger partial charge in [-0.1, -0.05) is 13.8 Å². The lowest BCUT2D eigenvalue weighted by Crippen LogP contribution is -2.36.